The average molecular weight is 493 g/mol. The Morgan fingerprint density at radius 2 is 1.74 bits per heavy atom. The van der Waals surface area contributed by atoms with Gasteiger partial charge in [-0.15, -0.1) is 11.8 Å². The van der Waals surface area contributed by atoms with Crippen molar-refractivity contribution in [2.24, 2.45) is 0 Å². The minimum absolute atomic E-state index is 0.136. The molecular formula is C25H23F3O5S. The van der Waals surface area contributed by atoms with Gasteiger partial charge in [0.2, 0.25) is 0 Å². The Hall–Kier alpha value is -3.33. The van der Waals surface area contributed by atoms with Crippen LogP contribution in [-0.4, -0.2) is 24.3 Å². The molecule has 0 bridgehead atoms. The summed E-state index contributed by atoms with van der Waals surface area (Å²) in [4.78, 5) is 11.8. The Balaban J connectivity index is 1.65. The first-order valence-electron chi connectivity index (χ1n) is 10.2. The smallest absolute Gasteiger partial charge is 0.416 e. The van der Waals surface area contributed by atoms with Gasteiger partial charge < -0.3 is 19.3 Å². The Morgan fingerprint density at radius 3 is 2.38 bits per heavy atom. The van der Waals surface area contributed by atoms with Gasteiger partial charge in [0.05, 0.1) is 12.7 Å². The van der Waals surface area contributed by atoms with E-state index >= 15 is 0 Å². The summed E-state index contributed by atoms with van der Waals surface area (Å²) in [5.74, 6) is 1.04. The molecule has 9 heteroatoms. The van der Waals surface area contributed by atoms with Gasteiger partial charge in [-0.05, 0) is 42.8 Å². The van der Waals surface area contributed by atoms with E-state index in [9.17, 15) is 18.0 Å². The molecule has 3 rings (SSSR count). The van der Waals surface area contributed by atoms with Crippen molar-refractivity contribution in [3.8, 4) is 17.2 Å². The van der Waals surface area contributed by atoms with Gasteiger partial charge >= 0.3 is 12.1 Å². The zero-order chi connectivity index (χ0) is 24.7. The highest BCUT2D eigenvalue weighted by Crippen LogP contribution is 2.36. The number of benzene rings is 3. The van der Waals surface area contributed by atoms with Crippen molar-refractivity contribution >= 4 is 17.7 Å². The minimum atomic E-state index is -4.37. The molecular weight excluding hydrogens is 469 g/mol. The molecule has 3 aromatic carbocycles. The Bertz CT molecular complexity index is 1120. The van der Waals surface area contributed by atoms with E-state index in [2.05, 4.69) is 0 Å². The minimum Gasteiger partial charge on any atom is -0.495 e. The lowest BCUT2D eigenvalue weighted by atomic mass is 10.1. The number of thioether (sulfide) groups is 1. The second-order valence-corrected chi connectivity index (χ2v) is 8.31. The highest BCUT2D eigenvalue weighted by molar-refractivity contribution is 7.98. The molecule has 1 atom stereocenters. The van der Waals surface area contributed by atoms with Gasteiger partial charge in [0, 0.05) is 22.3 Å². The molecule has 5 nitrogen and oxygen atoms in total. The van der Waals surface area contributed by atoms with E-state index in [4.69, 9.17) is 19.3 Å². The van der Waals surface area contributed by atoms with E-state index in [1.54, 1.807) is 24.3 Å². The molecule has 0 aliphatic heterocycles. The molecule has 0 saturated carbocycles. The summed E-state index contributed by atoms with van der Waals surface area (Å²) in [5.41, 5.74) is 0.834. The summed E-state index contributed by atoms with van der Waals surface area (Å²) in [6.07, 6.45) is -5.36. The van der Waals surface area contributed by atoms with Crippen LogP contribution in [0.5, 0.6) is 17.2 Å². The Labute approximate surface area is 199 Å². The van der Waals surface area contributed by atoms with Gasteiger partial charge in [-0.2, -0.15) is 13.2 Å². The summed E-state index contributed by atoms with van der Waals surface area (Å²) < 4.78 is 54.9. The molecule has 0 spiro atoms. The average Bonchev–Trinajstić information content (AvgIpc) is 2.82. The van der Waals surface area contributed by atoms with Crippen LogP contribution in [0.25, 0.3) is 0 Å². The number of ether oxygens (including phenoxy) is 3. The van der Waals surface area contributed by atoms with Crippen molar-refractivity contribution in [1.29, 1.82) is 0 Å². The summed E-state index contributed by atoms with van der Waals surface area (Å²) >= 11 is 1.50. The van der Waals surface area contributed by atoms with Gasteiger partial charge in [0.25, 0.3) is 0 Å². The molecule has 0 aliphatic carbocycles. The fraction of sp³-hybridized carbons (Fsp3) is 0.240. The summed E-state index contributed by atoms with van der Waals surface area (Å²) in [5, 5.41) is 9.00. The maximum atomic E-state index is 12.7. The first-order chi connectivity index (χ1) is 16.2. The number of alkyl halides is 3. The lowest BCUT2D eigenvalue weighted by Crippen LogP contribution is -2.22. The van der Waals surface area contributed by atoms with Crippen LogP contribution in [0.2, 0.25) is 0 Å². The number of carboxylic acids is 1. The van der Waals surface area contributed by atoms with Gasteiger partial charge in [-0.25, -0.2) is 4.79 Å². The zero-order valence-corrected chi connectivity index (χ0v) is 19.3. The fourth-order valence-corrected chi connectivity index (χ4v) is 3.96. The number of aliphatic carboxylic acids is 1. The first-order valence-corrected chi connectivity index (χ1v) is 11.2. The number of para-hydroxylation sites is 1. The molecule has 1 unspecified atom stereocenters. The number of carboxylic acid groups (broad SMARTS) is 1. The van der Waals surface area contributed by atoms with Crippen LogP contribution in [0.1, 0.15) is 23.6 Å². The maximum absolute atomic E-state index is 12.7. The summed E-state index contributed by atoms with van der Waals surface area (Å²) in [6, 6.07) is 17.4. The van der Waals surface area contributed by atoms with E-state index in [1.807, 2.05) is 18.2 Å². The van der Waals surface area contributed by atoms with E-state index in [1.165, 1.54) is 37.9 Å². The highest BCUT2D eigenvalue weighted by atomic mass is 32.2. The predicted molar refractivity (Wildman–Crippen MR) is 122 cm³/mol. The third-order valence-corrected chi connectivity index (χ3v) is 5.93. The molecule has 0 heterocycles. The Morgan fingerprint density at radius 1 is 1.03 bits per heavy atom. The normalized spacial score (nSPS) is 12.1. The number of hydrogen-bond acceptors (Lipinski definition) is 5. The molecule has 34 heavy (non-hydrogen) atoms. The van der Waals surface area contributed by atoms with E-state index in [-0.39, 0.29) is 6.61 Å². The third-order valence-electron chi connectivity index (χ3n) is 4.83. The molecule has 0 radical (unpaired) electrons. The van der Waals surface area contributed by atoms with E-state index in [0.717, 1.165) is 22.6 Å². The van der Waals surface area contributed by atoms with Crippen molar-refractivity contribution < 1.29 is 37.3 Å². The maximum Gasteiger partial charge on any atom is 0.416 e. The molecule has 180 valence electrons. The van der Waals surface area contributed by atoms with E-state index in [0.29, 0.717) is 28.6 Å². The molecule has 3 aromatic rings. The number of hydrogen-bond donors (Lipinski definition) is 1. The van der Waals surface area contributed by atoms with Crippen LogP contribution < -0.4 is 14.2 Å². The highest BCUT2D eigenvalue weighted by Gasteiger charge is 2.29. The quantitative estimate of drug-likeness (QED) is 0.329. The van der Waals surface area contributed by atoms with Crippen molar-refractivity contribution in [2.75, 3.05) is 7.11 Å². The van der Waals surface area contributed by atoms with Crippen LogP contribution in [0, 0.1) is 0 Å². The molecule has 0 aliphatic rings. The summed E-state index contributed by atoms with van der Waals surface area (Å²) in [6.45, 7) is 1.58. The van der Waals surface area contributed by atoms with Crippen LogP contribution in [0.4, 0.5) is 13.2 Å². The van der Waals surface area contributed by atoms with Crippen LogP contribution in [0.3, 0.4) is 0 Å². The first kappa shape index (κ1) is 25.3. The number of rotatable bonds is 10. The van der Waals surface area contributed by atoms with Crippen LogP contribution in [-0.2, 0) is 23.3 Å². The lowest BCUT2D eigenvalue weighted by Gasteiger charge is -2.15. The zero-order valence-electron chi connectivity index (χ0n) is 18.5. The van der Waals surface area contributed by atoms with Crippen LogP contribution in [0.15, 0.2) is 71.6 Å². The largest absolute Gasteiger partial charge is 0.495 e. The molecule has 0 fully saturated rings. The van der Waals surface area contributed by atoms with Crippen molar-refractivity contribution in [3.63, 3.8) is 0 Å². The Kier molecular flexibility index (Phi) is 8.33. The number of halogens is 3. The molecule has 1 N–H and O–H groups in total. The van der Waals surface area contributed by atoms with Crippen molar-refractivity contribution in [1.82, 2.24) is 0 Å². The van der Waals surface area contributed by atoms with E-state index < -0.39 is 23.8 Å². The van der Waals surface area contributed by atoms with Crippen molar-refractivity contribution in [2.45, 2.75) is 36.5 Å². The standard InChI is InChI=1S/C25H23F3O5S/c1-16(24(29)30)33-20-11-12-23(22(13-20)31-2)34-15-18-5-3-4-6-21(18)32-14-17-7-9-19(10-8-17)25(26,27)28/h3-13,16H,14-15H2,1-2H3,(H,29,30). The van der Waals surface area contributed by atoms with Crippen LogP contribution >= 0.6 is 11.8 Å². The second kappa shape index (κ2) is 11.2. The van der Waals surface area contributed by atoms with Gasteiger partial charge in [0.1, 0.15) is 23.9 Å². The SMILES string of the molecule is COc1cc(OC(C)C(=O)O)ccc1SCc1ccccc1OCc1ccc(C(F)(F)F)cc1. The molecule has 0 saturated heterocycles. The fourth-order valence-electron chi connectivity index (χ4n) is 2.97. The van der Waals surface area contributed by atoms with Gasteiger partial charge in [0.15, 0.2) is 6.10 Å². The topological polar surface area (TPSA) is 65.0 Å². The lowest BCUT2D eigenvalue weighted by molar-refractivity contribution is -0.144. The third kappa shape index (κ3) is 6.84. The van der Waals surface area contributed by atoms with Gasteiger partial charge in [-0.3, -0.25) is 0 Å². The molecule has 0 amide bonds. The monoisotopic (exact) mass is 492 g/mol. The second-order valence-electron chi connectivity index (χ2n) is 7.29. The number of methoxy groups -OCH3 is 1. The predicted octanol–water partition coefficient (Wildman–Crippen LogP) is 6.44. The van der Waals surface area contributed by atoms with Gasteiger partial charge in [-0.1, -0.05) is 30.3 Å². The molecule has 0 aromatic heterocycles. The summed E-state index contributed by atoms with van der Waals surface area (Å²) in [7, 11) is 1.52. The van der Waals surface area contributed by atoms with Crippen molar-refractivity contribution in [3.05, 3.63) is 83.4 Å². The number of carbonyl (C=O) groups is 1.